The molecule has 144 valence electrons. The van der Waals surface area contributed by atoms with Crippen LogP contribution in [0.15, 0.2) is 0 Å². The van der Waals surface area contributed by atoms with Crippen molar-refractivity contribution in [2.75, 3.05) is 5.73 Å². The molecule has 6 nitrogen and oxygen atoms in total. The molecule has 0 aromatic carbocycles. The Bertz CT molecular complexity index is 896. The van der Waals surface area contributed by atoms with Gasteiger partial charge in [0.15, 0.2) is 0 Å². The van der Waals surface area contributed by atoms with Gasteiger partial charge in [-0.05, 0) is 56.4 Å². The highest BCUT2D eigenvalue weighted by Crippen LogP contribution is 2.41. The Labute approximate surface area is 162 Å². The number of aliphatic carboxylic acids is 1. The number of aryl methyl sites for hydroxylation is 2. The number of carbonyl (C=O) groups is 1. The van der Waals surface area contributed by atoms with Gasteiger partial charge in [-0.15, -0.1) is 11.3 Å². The monoisotopic (exact) mass is 386 g/mol. The van der Waals surface area contributed by atoms with Gasteiger partial charge in [0.2, 0.25) is 0 Å². The Hall–Kier alpha value is -1.73. The van der Waals surface area contributed by atoms with E-state index in [1.807, 2.05) is 0 Å². The normalized spacial score (nSPS) is 28.2. The van der Waals surface area contributed by atoms with Gasteiger partial charge in [0.1, 0.15) is 22.5 Å². The highest BCUT2D eigenvalue weighted by Gasteiger charge is 2.45. The van der Waals surface area contributed by atoms with Crippen LogP contribution >= 0.6 is 11.3 Å². The number of hydrogen-bond acceptors (Lipinski definition) is 6. The highest BCUT2D eigenvalue weighted by molar-refractivity contribution is 7.19. The second-order valence-corrected chi connectivity index (χ2v) is 9.37. The van der Waals surface area contributed by atoms with E-state index in [-0.39, 0.29) is 0 Å². The van der Waals surface area contributed by atoms with E-state index in [0.29, 0.717) is 30.1 Å². The van der Waals surface area contributed by atoms with Gasteiger partial charge in [0, 0.05) is 10.9 Å². The number of carboxylic acids is 1. The lowest BCUT2D eigenvalue weighted by molar-refractivity contribution is -0.142. The first-order valence-electron chi connectivity index (χ1n) is 10.2. The first kappa shape index (κ1) is 17.4. The van der Waals surface area contributed by atoms with Crippen molar-refractivity contribution in [3.05, 3.63) is 16.3 Å². The predicted octanol–water partition coefficient (Wildman–Crippen LogP) is 3.37. The zero-order chi connectivity index (χ0) is 18.5. The molecule has 2 aromatic rings. The van der Waals surface area contributed by atoms with E-state index in [4.69, 9.17) is 10.7 Å². The van der Waals surface area contributed by atoms with Crippen LogP contribution in [0.3, 0.4) is 0 Å². The van der Waals surface area contributed by atoms with Crippen LogP contribution in [0.4, 0.5) is 5.82 Å². The standard InChI is InChI=1S/C20H26N4O2S/c21-18-17-12-6-2-4-8-15(12)27-19(17)23-16(22-18)10-24-13-7-3-1-5-11(13)9-14(24)20(25)26/h11,13-14H,1-10H2,(H,25,26)(H2,21,22,23). The molecule has 0 spiro atoms. The van der Waals surface area contributed by atoms with Gasteiger partial charge in [-0.2, -0.15) is 0 Å². The van der Waals surface area contributed by atoms with E-state index in [1.165, 1.54) is 36.1 Å². The van der Waals surface area contributed by atoms with Crippen molar-refractivity contribution >= 4 is 33.3 Å². The number of thiophene rings is 1. The lowest BCUT2D eigenvalue weighted by Gasteiger charge is -2.32. The molecule has 7 heteroatoms. The quantitative estimate of drug-likeness (QED) is 0.840. The summed E-state index contributed by atoms with van der Waals surface area (Å²) in [5, 5.41) is 10.8. The molecule has 27 heavy (non-hydrogen) atoms. The van der Waals surface area contributed by atoms with Crippen molar-refractivity contribution in [2.45, 2.75) is 76.4 Å². The number of hydrogen-bond donors (Lipinski definition) is 2. The summed E-state index contributed by atoms with van der Waals surface area (Å²) in [5.41, 5.74) is 7.70. The maximum absolute atomic E-state index is 11.9. The fourth-order valence-corrected chi connectivity index (χ4v) is 6.78. The molecular formula is C20H26N4O2S. The van der Waals surface area contributed by atoms with Gasteiger partial charge < -0.3 is 10.8 Å². The molecule has 2 aromatic heterocycles. The second kappa shape index (κ2) is 6.71. The average molecular weight is 387 g/mol. The molecule has 3 heterocycles. The van der Waals surface area contributed by atoms with Crippen molar-refractivity contribution in [1.29, 1.82) is 0 Å². The summed E-state index contributed by atoms with van der Waals surface area (Å²) in [6.07, 6.45) is 10.0. The number of nitrogens with zero attached hydrogens (tertiary/aromatic N) is 3. The molecular weight excluding hydrogens is 360 g/mol. The van der Waals surface area contributed by atoms with Crippen molar-refractivity contribution in [3.63, 3.8) is 0 Å². The SMILES string of the molecule is Nc1nc(CN2C(C(=O)O)CC3CCCCC32)nc2sc3c(c12)CCCC3. The van der Waals surface area contributed by atoms with Gasteiger partial charge in [0.05, 0.1) is 11.9 Å². The largest absolute Gasteiger partial charge is 0.480 e. The number of anilines is 1. The third kappa shape index (κ3) is 2.91. The maximum atomic E-state index is 11.9. The number of carboxylic acid groups (broad SMARTS) is 1. The summed E-state index contributed by atoms with van der Waals surface area (Å²) in [7, 11) is 0. The molecule has 3 unspecified atom stereocenters. The van der Waals surface area contributed by atoms with Gasteiger partial charge in [-0.25, -0.2) is 9.97 Å². The average Bonchev–Trinajstić information content (AvgIpc) is 3.20. The van der Waals surface area contributed by atoms with Crippen LogP contribution in [0.2, 0.25) is 0 Å². The molecule has 0 bridgehead atoms. The summed E-state index contributed by atoms with van der Waals surface area (Å²) >= 11 is 1.75. The van der Waals surface area contributed by atoms with E-state index >= 15 is 0 Å². The summed E-state index contributed by atoms with van der Waals surface area (Å²) in [6, 6.07) is -0.0768. The molecule has 3 N–H and O–H groups in total. The van der Waals surface area contributed by atoms with E-state index in [9.17, 15) is 9.90 Å². The number of aromatic nitrogens is 2. The van der Waals surface area contributed by atoms with Gasteiger partial charge >= 0.3 is 5.97 Å². The Morgan fingerprint density at radius 2 is 2.00 bits per heavy atom. The summed E-state index contributed by atoms with van der Waals surface area (Å²) in [6.45, 7) is 0.487. The zero-order valence-electron chi connectivity index (χ0n) is 15.5. The first-order chi connectivity index (χ1) is 13.1. The molecule has 0 amide bonds. The molecule has 1 saturated heterocycles. The lowest BCUT2D eigenvalue weighted by Crippen LogP contribution is -2.42. The Balaban J connectivity index is 1.49. The number of fused-ring (bicyclic) bond motifs is 4. The van der Waals surface area contributed by atoms with Gasteiger partial charge in [0.25, 0.3) is 0 Å². The fraction of sp³-hybridized carbons (Fsp3) is 0.650. The molecule has 2 fully saturated rings. The topological polar surface area (TPSA) is 92.3 Å². The Morgan fingerprint density at radius 3 is 2.85 bits per heavy atom. The molecule has 3 aliphatic rings. The summed E-state index contributed by atoms with van der Waals surface area (Å²) in [5.74, 6) is 1.02. The van der Waals surface area contributed by atoms with Crippen molar-refractivity contribution in [2.24, 2.45) is 5.92 Å². The van der Waals surface area contributed by atoms with E-state index < -0.39 is 12.0 Å². The van der Waals surface area contributed by atoms with Crippen LogP contribution in [0.5, 0.6) is 0 Å². The Morgan fingerprint density at radius 1 is 1.19 bits per heavy atom. The highest BCUT2D eigenvalue weighted by atomic mass is 32.1. The van der Waals surface area contributed by atoms with Gasteiger partial charge in [-0.1, -0.05) is 12.8 Å². The number of likely N-dealkylation sites (tertiary alicyclic amines) is 1. The third-order valence-corrected chi connectivity index (χ3v) is 7.90. The van der Waals surface area contributed by atoms with Crippen molar-refractivity contribution in [3.8, 4) is 0 Å². The molecule has 5 rings (SSSR count). The predicted molar refractivity (Wildman–Crippen MR) is 106 cm³/mol. The zero-order valence-corrected chi connectivity index (χ0v) is 16.3. The number of nitrogens with two attached hydrogens (primary N) is 1. The second-order valence-electron chi connectivity index (χ2n) is 8.29. The van der Waals surface area contributed by atoms with Crippen LogP contribution in [-0.2, 0) is 24.2 Å². The molecule has 2 aliphatic carbocycles. The van der Waals surface area contributed by atoms with Gasteiger partial charge in [-0.3, -0.25) is 9.69 Å². The minimum absolute atomic E-state index is 0.344. The summed E-state index contributed by atoms with van der Waals surface area (Å²) < 4.78 is 0. The molecule has 3 atom stereocenters. The van der Waals surface area contributed by atoms with Crippen LogP contribution < -0.4 is 5.73 Å². The van der Waals surface area contributed by atoms with Crippen molar-refractivity contribution in [1.82, 2.24) is 14.9 Å². The molecule has 1 aliphatic heterocycles. The number of nitrogen functional groups attached to an aromatic ring is 1. The summed E-state index contributed by atoms with van der Waals surface area (Å²) in [4.78, 5) is 25.8. The smallest absolute Gasteiger partial charge is 0.320 e. The van der Waals surface area contributed by atoms with E-state index in [1.54, 1.807) is 11.3 Å². The molecule has 0 radical (unpaired) electrons. The van der Waals surface area contributed by atoms with E-state index in [0.717, 1.165) is 42.3 Å². The minimum atomic E-state index is -0.718. The van der Waals surface area contributed by atoms with Crippen LogP contribution in [-0.4, -0.2) is 38.0 Å². The number of rotatable bonds is 3. The lowest BCUT2D eigenvalue weighted by atomic mass is 9.85. The van der Waals surface area contributed by atoms with Crippen LogP contribution in [0.25, 0.3) is 10.2 Å². The fourth-order valence-electron chi connectivity index (χ4n) is 5.49. The van der Waals surface area contributed by atoms with E-state index in [2.05, 4.69) is 9.88 Å². The minimum Gasteiger partial charge on any atom is -0.480 e. The van der Waals surface area contributed by atoms with Crippen molar-refractivity contribution < 1.29 is 9.90 Å². The third-order valence-electron chi connectivity index (χ3n) is 6.72. The molecule has 1 saturated carbocycles. The van der Waals surface area contributed by atoms with Crippen LogP contribution in [0, 0.1) is 5.92 Å². The first-order valence-corrected chi connectivity index (χ1v) is 11.0. The van der Waals surface area contributed by atoms with Crippen LogP contribution in [0.1, 0.15) is 61.2 Å². The Kier molecular flexibility index (Phi) is 4.31. The maximum Gasteiger partial charge on any atom is 0.320 e.